The zero-order chi connectivity index (χ0) is 31.2. The number of anilines is 1. The lowest BCUT2D eigenvalue weighted by Crippen LogP contribution is -2.61. The van der Waals surface area contributed by atoms with Gasteiger partial charge in [-0.05, 0) is 67.1 Å². The van der Waals surface area contributed by atoms with Gasteiger partial charge in [0.2, 0.25) is 17.7 Å². The average molecular weight is 662 g/mol. The number of piperazine rings is 1. The summed E-state index contributed by atoms with van der Waals surface area (Å²) in [4.78, 5) is 35.0. The Morgan fingerprint density at radius 2 is 1.77 bits per heavy atom. The number of benzene rings is 2. The maximum absolute atomic E-state index is 14.1. The first-order valence-electron chi connectivity index (χ1n) is 14.5. The fourth-order valence-electron chi connectivity index (χ4n) is 5.18. The molecule has 1 aliphatic heterocycles. The lowest BCUT2D eigenvalue weighted by Gasteiger charge is -2.38. The topological polar surface area (TPSA) is 93.2 Å². The van der Waals surface area contributed by atoms with Gasteiger partial charge in [0, 0.05) is 37.3 Å². The van der Waals surface area contributed by atoms with E-state index in [9.17, 15) is 9.59 Å². The van der Waals surface area contributed by atoms with Gasteiger partial charge in [-0.1, -0.05) is 46.9 Å². The third-order valence-electron chi connectivity index (χ3n) is 7.52. The molecule has 0 unspecified atom stereocenters. The molecule has 2 aromatic carbocycles. The van der Waals surface area contributed by atoms with Crippen LogP contribution in [0.15, 0.2) is 48.7 Å². The number of aryl methyl sites for hydroxylation is 1. The van der Waals surface area contributed by atoms with Crippen LogP contribution in [0.3, 0.4) is 0 Å². The molecule has 2 amide bonds. The maximum atomic E-state index is 14.1. The Morgan fingerprint density at radius 3 is 2.45 bits per heavy atom. The van der Waals surface area contributed by atoms with E-state index < -0.39 is 6.04 Å². The van der Waals surface area contributed by atoms with Crippen LogP contribution in [0.2, 0.25) is 15.1 Å². The van der Waals surface area contributed by atoms with E-state index in [1.165, 1.54) is 4.90 Å². The minimum atomic E-state index is -0.724. The quantitative estimate of drug-likeness (QED) is 0.242. The average Bonchev–Trinajstić information content (AvgIpc) is 3.84. The number of hydrogen-bond acceptors (Lipinski definition) is 7. The normalized spacial score (nSPS) is 16.6. The molecular weight excluding hydrogens is 627 g/mol. The van der Waals surface area contributed by atoms with E-state index >= 15 is 0 Å². The van der Waals surface area contributed by atoms with Gasteiger partial charge >= 0.3 is 0 Å². The number of methoxy groups -OCH3 is 1. The molecule has 2 aliphatic rings. The second-order valence-electron chi connectivity index (χ2n) is 10.9. The number of pyridine rings is 1. The number of aromatic nitrogens is 1. The molecule has 234 valence electrons. The zero-order valence-corrected chi connectivity index (χ0v) is 26.9. The van der Waals surface area contributed by atoms with Gasteiger partial charge in [-0.3, -0.25) is 14.5 Å². The van der Waals surface area contributed by atoms with E-state index in [4.69, 9.17) is 49.0 Å². The molecule has 1 aliphatic carbocycles. The third-order valence-corrected chi connectivity index (χ3v) is 8.45. The smallest absolute Gasteiger partial charge is 0.247 e. The molecule has 1 saturated heterocycles. The van der Waals surface area contributed by atoms with Gasteiger partial charge in [-0.25, -0.2) is 4.98 Å². The number of carbonyl (C=O) groups is 2. The van der Waals surface area contributed by atoms with Crippen LogP contribution in [0.4, 0.5) is 5.69 Å². The van der Waals surface area contributed by atoms with E-state index in [1.807, 2.05) is 30.0 Å². The SMILES string of the molecule is COCCc1ccc(Cl)c(CN(C(=O)[C@H]2CNCC(=O)N2c2ccc(OCCOc3c(Cl)cc(C)cc3Cl)nc2)C2CC2)c1. The molecule has 12 heteroatoms. The highest BCUT2D eigenvalue weighted by Gasteiger charge is 2.41. The number of ether oxygens (including phenoxy) is 3. The van der Waals surface area contributed by atoms with Gasteiger partial charge in [0.25, 0.3) is 0 Å². The summed E-state index contributed by atoms with van der Waals surface area (Å²) >= 11 is 19.0. The highest BCUT2D eigenvalue weighted by Crippen LogP contribution is 2.34. The highest BCUT2D eigenvalue weighted by molar-refractivity contribution is 6.37. The summed E-state index contributed by atoms with van der Waals surface area (Å²) in [5.74, 6) is 0.421. The minimum Gasteiger partial charge on any atom is -0.487 e. The van der Waals surface area contributed by atoms with E-state index in [0.29, 0.717) is 52.1 Å². The molecule has 9 nitrogen and oxygen atoms in total. The van der Waals surface area contributed by atoms with Crippen LogP contribution in [0, 0.1) is 6.92 Å². The van der Waals surface area contributed by atoms with Gasteiger partial charge < -0.3 is 24.4 Å². The molecule has 1 N–H and O–H groups in total. The minimum absolute atomic E-state index is 0.112. The first kappa shape index (κ1) is 32.3. The fraction of sp³-hybridized carbons (Fsp3) is 0.406. The van der Waals surface area contributed by atoms with E-state index in [2.05, 4.69) is 10.3 Å². The third kappa shape index (κ3) is 7.95. The molecule has 2 fully saturated rings. The van der Waals surface area contributed by atoms with Gasteiger partial charge in [0.15, 0.2) is 5.75 Å². The Bertz CT molecular complexity index is 1460. The van der Waals surface area contributed by atoms with E-state index in [-0.39, 0.29) is 37.6 Å². The first-order valence-corrected chi connectivity index (χ1v) is 15.7. The summed E-state index contributed by atoms with van der Waals surface area (Å²) in [6.07, 6.45) is 4.13. The van der Waals surface area contributed by atoms with Crippen molar-refractivity contribution in [2.24, 2.45) is 0 Å². The molecule has 5 rings (SSSR count). The van der Waals surface area contributed by atoms with E-state index in [1.54, 1.807) is 37.6 Å². The van der Waals surface area contributed by atoms with Crippen LogP contribution in [0.25, 0.3) is 0 Å². The van der Waals surface area contributed by atoms with Crippen LogP contribution in [0.1, 0.15) is 29.5 Å². The fourth-order valence-corrected chi connectivity index (χ4v) is 6.06. The number of amides is 2. The summed E-state index contributed by atoms with van der Waals surface area (Å²) in [6, 6.07) is 12.2. The molecule has 1 saturated carbocycles. The van der Waals surface area contributed by atoms with Gasteiger partial charge in [0.05, 0.1) is 35.1 Å². The lowest BCUT2D eigenvalue weighted by atomic mass is 10.1. The standard InChI is InChI=1S/C32H35Cl3N4O5/c1-20-13-26(34)31(27(35)14-20)44-12-11-43-29-8-6-24(16-37-29)39-28(17-36-18-30(39)40)32(41)38(23-4-5-23)19-22-15-21(9-10-42-2)3-7-25(22)33/h3,6-8,13-16,23,28,36H,4-5,9-12,17-19H2,1-2H3/t28-/m1/s1. The van der Waals surface area contributed by atoms with Crippen LogP contribution in [-0.2, 0) is 27.3 Å². The zero-order valence-electron chi connectivity index (χ0n) is 24.7. The Morgan fingerprint density at radius 1 is 1.02 bits per heavy atom. The van der Waals surface area contributed by atoms with Crippen molar-refractivity contribution in [3.63, 3.8) is 0 Å². The molecular formula is C32H35Cl3N4O5. The second kappa shape index (κ2) is 14.8. The van der Waals surface area contributed by atoms with Crippen molar-refractivity contribution in [2.75, 3.05) is 44.9 Å². The molecule has 0 radical (unpaired) electrons. The number of nitrogens with zero attached hydrogens (tertiary/aromatic N) is 3. The van der Waals surface area contributed by atoms with Crippen LogP contribution >= 0.6 is 34.8 Å². The molecule has 44 heavy (non-hydrogen) atoms. The van der Waals surface area contributed by atoms with Crippen molar-refractivity contribution in [1.82, 2.24) is 15.2 Å². The van der Waals surface area contributed by atoms with Crippen molar-refractivity contribution in [2.45, 2.75) is 44.8 Å². The highest BCUT2D eigenvalue weighted by atomic mass is 35.5. The predicted molar refractivity (Wildman–Crippen MR) is 171 cm³/mol. The van der Waals surface area contributed by atoms with Crippen molar-refractivity contribution in [3.8, 4) is 11.6 Å². The lowest BCUT2D eigenvalue weighted by molar-refractivity contribution is -0.136. The number of halogens is 3. The molecule has 2 heterocycles. The second-order valence-corrected chi connectivity index (χ2v) is 12.1. The summed E-state index contributed by atoms with van der Waals surface area (Å²) in [7, 11) is 1.67. The molecule has 1 aromatic heterocycles. The number of hydrogen-bond donors (Lipinski definition) is 1. The summed E-state index contributed by atoms with van der Waals surface area (Å²) < 4.78 is 16.7. The van der Waals surface area contributed by atoms with Crippen molar-refractivity contribution < 1.29 is 23.8 Å². The Labute approximate surface area is 272 Å². The maximum Gasteiger partial charge on any atom is 0.247 e. The largest absolute Gasteiger partial charge is 0.487 e. The summed E-state index contributed by atoms with van der Waals surface area (Å²) in [5, 5.41) is 4.57. The van der Waals surface area contributed by atoms with E-state index in [0.717, 1.165) is 36.0 Å². The van der Waals surface area contributed by atoms with Crippen molar-refractivity contribution >= 4 is 52.3 Å². The van der Waals surface area contributed by atoms with Gasteiger partial charge in [-0.2, -0.15) is 0 Å². The first-order chi connectivity index (χ1) is 21.2. The Hall–Kier alpha value is -3.08. The van der Waals surface area contributed by atoms with Crippen LogP contribution in [-0.4, -0.2) is 73.8 Å². The molecule has 0 bridgehead atoms. The Kier molecular flexibility index (Phi) is 10.9. The number of rotatable bonds is 13. The van der Waals surface area contributed by atoms with Gasteiger partial charge in [0.1, 0.15) is 19.3 Å². The molecule has 3 aromatic rings. The number of carbonyl (C=O) groups excluding carboxylic acids is 2. The van der Waals surface area contributed by atoms with Crippen molar-refractivity contribution in [3.05, 3.63) is 80.4 Å². The van der Waals surface area contributed by atoms with Crippen molar-refractivity contribution in [1.29, 1.82) is 0 Å². The summed E-state index contributed by atoms with van der Waals surface area (Å²) in [6.45, 7) is 3.72. The monoisotopic (exact) mass is 660 g/mol. The van der Waals surface area contributed by atoms with Crippen LogP contribution in [0.5, 0.6) is 11.6 Å². The predicted octanol–water partition coefficient (Wildman–Crippen LogP) is 5.49. The van der Waals surface area contributed by atoms with Crippen LogP contribution < -0.4 is 19.7 Å². The summed E-state index contributed by atoms with van der Waals surface area (Å²) in [5.41, 5.74) is 3.43. The number of nitrogens with one attached hydrogen (secondary N) is 1. The Balaban J connectivity index is 1.25. The molecule has 1 atom stereocenters. The van der Waals surface area contributed by atoms with Gasteiger partial charge in [-0.15, -0.1) is 0 Å². The molecule has 0 spiro atoms.